The summed E-state index contributed by atoms with van der Waals surface area (Å²) in [5.41, 5.74) is 1.97. The molecule has 0 spiro atoms. The molecule has 6 heteroatoms. The summed E-state index contributed by atoms with van der Waals surface area (Å²) >= 11 is 0. The average Bonchev–Trinajstić information content (AvgIpc) is 3.06. The quantitative estimate of drug-likeness (QED) is 0.819. The smallest absolute Gasteiger partial charge is 0.385 e. The van der Waals surface area contributed by atoms with Gasteiger partial charge in [-0.2, -0.15) is 13.2 Å². The van der Waals surface area contributed by atoms with Crippen LogP contribution in [0.5, 0.6) is 0 Å². The van der Waals surface area contributed by atoms with E-state index in [4.69, 9.17) is 4.74 Å². The van der Waals surface area contributed by atoms with E-state index < -0.39 is 12.6 Å². The molecule has 2 fully saturated rings. The molecule has 0 amide bonds. The number of halogens is 3. The van der Waals surface area contributed by atoms with E-state index in [2.05, 4.69) is 10.6 Å². The Labute approximate surface area is 121 Å². The number of fused-ring (bicyclic) bond motifs is 2. The number of rotatable bonds is 5. The third-order valence-electron chi connectivity index (χ3n) is 4.03. The second kappa shape index (κ2) is 5.85. The molecule has 0 saturated carbocycles. The van der Waals surface area contributed by atoms with Crippen LogP contribution in [-0.4, -0.2) is 31.4 Å². The first kappa shape index (κ1) is 14.7. The Hall–Kier alpha value is -1.27. The number of alkyl halides is 3. The summed E-state index contributed by atoms with van der Waals surface area (Å²) in [5, 5.41) is 6.44. The Morgan fingerprint density at radius 1 is 1.24 bits per heavy atom. The van der Waals surface area contributed by atoms with E-state index in [-0.39, 0.29) is 12.5 Å². The van der Waals surface area contributed by atoms with Crippen molar-refractivity contribution in [1.29, 1.82) is 0 Å². The first-order chi connectivity index (χ1) is 10.0. The van der Waals surface area contributed by atoms with Gasteiger partial charge in [-0.25, -0.2) is 0 Å². The number of hydrogen-bond donors (Lipinski definition) is 2. The highest BCUT2D eigenvalue weighted by Crippen LogP contribution is 2.37. The van der Waals surface area contributed by atoms with Gasteiger partial charge in [0.1, 0.15) is 0 Å². The number of hydrogen-bond acceptors (Lipinski definition) is 3. The average molecular weight is 300 g/mol. The molecular formula is C15H19F3N2O. The maximum absolute atomic E-state index is 12.0. The van der Waals surface area contributed by atoms with Crippen LogP contribution in [0.4, 0.5) is 18.9 Å². The van der Waals surface area contributed by atoms with Crippen LogP contribution < -0.4 is 10.6 Å². The van der Waals surface area contributed by atoms with Gasteiger partial charge in [0.25, 0.3) is 0 Å². The van der Waals surface area contributed by atoms with Crippen molar-refractivity contribution in [2.75, 3.05) is 18.4 Å². The van der Waals surface area contributed by atoms with Gasteiger partial charge in [0.2, 0.25) is 0 Å². The molecule has 0 aliphatic carbocycles. The van der Waals surface area contributed by atoms with Crippen LogP contribution in [-0.2, 0) is 4.74 Å². The maximum atomic E-state index is 12.0. The van der Waals surface area contributed by atoms with Crippen LogP contribution in [0.3, 0.4) is 0 Å². The summed E-state index contributed by atoms with van der Waals surface area (Å²) in [6.45, 7) is 1.26. The molecule has 1 aromatic carbocycles. The third kappa shape index (κ3) is 3.68. The SMILES string of the molecule is FC(F)(F)CCCNc1ccc([C@@H]2O[C@H]3CN[C@@H]2C3)cc1. The molecule has 0 radical (unpaired) electrons. The molecule has 2 saturated heterocycles. The fraction of sp³-hybridized carbons (Fsp3) is 0.600. The van der Waals surface area contributed by atoms with Crippen molar-refractivity contribution in [3.8, 4) is 0 Å². The van der Waals surface area contributed by atoms with E-state index in [0.717, 1.165) is 24.2 Å². The molecule has 1 aromatic rings. The molecule has 3 nitrogen and oxygen atoms in total. The van der Waals surface area contributed by atoms with E-state index >= 15 is 0 Å². The van der Waals surface area contributed by atoms with Gasteiger partial charge in [0, 0.05) is 31.2 Å². The summed E-state index contributed by atoms with van der Waals surface area (Å²) in [5.74, 6) is 0. The summed E-state index contributed by atoms with van der Waals surface area (Å²) in [4.78, 5) is 0. The van der Waals surface area contributed by atoms with Gasteiger partial charge in [-0.3, -0.25) is 0 Å². The summed E-state index contributed by atoms with van der Waals surface area (Å²) in [6, 6.07) is 8.16. The Morgan fingerprint density at radius 3 is 2.57 bits per heavy atom. The first-order valence-electron chi connectivity index (χ1n) is 7.31. The van der Waals surface area contributed by atoms with Crippen molar-refractivity contribution in [3.05, 3.63) is 29.8 Å². The van der Waals surface area contributed by atoms with Crippen LogP contribution in [0.1, 0.15) is 30.9 Å². The van der Waals surface area contributed by atoms with Gasteiger partial charge in [0.15, 0.2) is 0 Å². The lowest BCUT2D eigenvalue weighted by Gasteiger charge is -2.23. The predicted molar refractivity (Wildman–Crippen MR) is 74.2 cm³/mol. The normalized spacial score (nSPS) is 28.0. The van der Waals surface area contributed by atoms with Crippen LogP contribution in [0.25, 0.3) is 0 Å². The topological polar surface area (TPSA) is 33.3 Å². The summed E-state index contributed by atoms with van der Waals surface area (Å²) in [6.07, 6.45) is -3.25. The summed E-state index contributed by atoms with van der Waals surface area (Å²) < 4.78 is 42.0. The Kier molecular flexibility index (Phi) is 4.08. The van der Waals surface area contributed by atoms with E-state index in [1.165, 1.54) is 0 Å². The van der Waals surface area contributed by atoms with Crippen molar-refractivity contribution in [1.82, 2.24) is 5.32 Å². The van der Waals surface area contributed by atoms with E-state index in [9.17, 15) is 13.2 Å². The standard InChI is InChI=1S/C15H19F3N2O/c16-15(17,18)6-1-7-19-11-4-2-10(3-5-11)14-13-8-12(21-14)9-20-13/h2-5,12-14,19-20H,1,6-9H2/t12-,13-,14+/m1/s1. The molecule has 2 aliphatic rings. The van der Waals surface area contributed by atoms with Gasteiger partial charge in [-0.15, -0.1) is 0 Å². The van der Waals surface area contributed by atoms with Gasteiger partial charge in [-0.1, -0.05) is 12.1 Å². The lowest BCUT2D eigenvalue weighted by Crippen LogP contribution is -2.33. The number of nitrogens with one attached hydrogen (secondary N) is 2. The van der Waals surface area contributed by atoms with Crippen LogP contribution in [0, 0.1) is 0 Å². The number of anilines is 1. The molecule has 3 atom stereocenters. The molecule has 2 aliphatic heterocycles. The van der Waals surface area contributed by atoms with E-state index in [1.54, 1.807) is 0 Å². The summed E-state index contributed by atoms with van der Waals surface area (Å²) in [7, 11) is 0. The fourth-order valence-corrected chi connectivity index (χ4v) is 2.99. The zero-order chi connectivity index (χ0) is 14.9. The lowest BCUT2D eigenvalue weighted by molar-refractivity contribution is -0.134. The van der Waals surface area contributed by atoms with Gasteiger partial charge >= 0.3 is 6.18 Å². The Balaban J connectivity index is 1.48. The van der Waals surface area contributed by atoms with Crippen molar-refractivity contribution < 1.29 is 17.9 Å². The van der Waals surface area contributed by atoms with Crippen molar-refractivity contribution in [3.63, 3.8) is 0 Å². The molecule has 2 N–H and O–H groups in total. The molecular weight excluding hydrogens is 281 g/mol. The molecule has 0 unspecified atom stereocenters. The second-order valence-corrected chi connectivity index (χ2v) is 5.70. The fourth-order valence-electron chi connectivity index (χ4n) is 2.99. The predicted octanol–water partition coefficient (Wildman–Crippen LogP) is 3.24. The first-order valence-corrected chi connectivity index (χ1v) is 7.31. The number of morpholine rings is 1. The number of ether oxygens (including phenoxy) is 1. The minimum Gasteiger partial charge on any atom is -0.385 e. The Morgan fingerprint density at radius 2 is 2.00 bits per heavy atom. The molecule has 2 bridgehead atoms. The minimum absolute atomic E-state index is 0.0880. The molecule has 2 heterocycles. The van der Waals surface area contributed by atoms with Crippen molar-refractivity contribution in [2.24, 2.45) is 0 Å². The highest BCUT2D eigenvalue weighted by molar-refractivity contribution is 5.45. The maximum Gasteiger partial charge on any atom is 0.389 e. The molecule has 21 heavy (non-hydrogen) atoms. The van der Waals surface area contributed by atoms with Crippen molar-refractivity contribution >= 4 is 5.69 Å². The Bertz CT molecular complexity index is 475. The third-order valence-corrected chi connectivity index (χ3v) is 4.03. The molecule has 3 rings (SSSR count). The largest absolute Gasteiger partial charge is 0.389 e. The highest BCUT2D eigenvalue weighted by atomic mass is 19.4. The zero-order valence-corrected chi connectivity index (χ0v) is 11.6. The van der Waals surface area contributed by atoms with Crippen LogP contribution >= 0.6 is 0 Å². The molecule has 0 aromatic heterocycles. The van der Waals surface area contributed by atoms with Crippen LogP contribution in [0.2, 0.25) is 0 Å². The van der Waals surface area contributed by atoms with E-state index in [1.807, 2.05) is 24.3 Å². The number of benzene rings is 1. The minimum atomic E-state index is -4.07. The molecule has 116 valence electrons. The lowest BCUT2D eigenvalue weighted by atomic mass is 10.0. The van der Waals surface area contributed by atoms with Gasteiger partial charge in [-0.05, 0) is 30.5 Å². The van der Waals surface area contributed by atoms with Crippen molar-refractivity contribution in [2.45, 2.75) is 43.7 Å². The zero-order valence-electron chi connectivity index (χ0n) is 11.6. The van der Waals surface area contributed by atoms with E-state index in [0.29, 0.717) is 18.7 Å². The highest BCUT2D eigenvalue weighted by Gasteiger charge is 2.41. The second-order valence-electron chi connectivity index (χ2n) is 5.70. The van der Waals surface area contributed by atoms with Gasteiger partial charge in [0.05, 0.1) is 12.2 Å². The monoisotopic (exact) mass is 300 g/mol. The van der Waals surface area contributed by atoms with Gasteiger partial charge < -0.3 is 15.4 Å². The van der Waals surface area contributed by atoms with Crippen LogP contribution in [0.15, 0.2) is 24.3 Å².